The SMILES string of the molecule is COc1ccc([N+](=O)[O-])cc1NC(=O)c1cccn(Cc2ccccc2C)c1=O. The van der Waals surface area contributed by atoms with Crippen LogP contribution in [0.15, 0.2) is 65.6 Å². The second-order valence-corrected chi connectivity index (χ2v) is 6.38. The topological polar surface area (TPSA) is 103 Å². The molecule has 3 aromatic rings. The molecule has 1 aromatic heterocycles. The number of rotatable bonds is 6. The number of methoxy groups -OCH3 is 1. The number of benzene rings is 2. The summed E-state index contributed by atoms with van der Waals surface area (Å²) in [5, 5.41) is 13.5. The first-order chi connectivity index (χ1) is 13.9. The van der Waals surface area contributed by atoms with Crippen LogP contribution in [0.4, 0.5) is 11.4 Å². The van der Waals surface area contributed by atoms with Gasteiger partial charge in [0.2, 0.25) is 0 Å². The van der Waals surface area contributed by atoms with Gasteiger partial charge in [0.25, 0.3) is 17.2 Å². The molecule has 0 radical (unpaired) electrons. The van der Waals surface area contributed by atoms with Gasteiger partial charge in [0.1, 0.15) is 11.3 Å². The van der Waals surface area contributed by atoms with Crippen LogP contribution in [0.5, 0.6) is 5.75 Å². The fourth-order valence-electron chi connectivity index (χ4n) is 2.90. The van der Waals surface area contributed by atoms with Gasteiger partial charge in [-0.1, -0.05) is 24.3 Å². The molecule has 0 fully saturated rings. The molecule has 0 aliphatic carbocycles. The number of anilines is 1. The molecular weight excluding hydrogens is 374 g/mol. The maximum atomic E-state index is 12.8. The van der Waals surface area contributed by atoms with Crippen LogP contribution in [0.3, 0.4) is 0 Å². The fraction of sp³-hybridized carbons (Fsp3) is 0.143. The number of nitrogens with one attached hydrogen (secondary N) is 1. The van der Waals surface area contributed by atoms with E-state index in [1.807, 2.05) is 31.2 Å². The highest BCUT2D eigenvalue weighted by Crippen LogP contribution is 2.29. The van der Waals surface area contributed by atoms with Crippen molar-refractivity contribution in [2.24, 2.45) is 0 Å². The minimum absolute atomic E-state index is 0.0744. The molecule has 1 N–H and O–H groups in total. The molecule has 148 valence electrons. The van der Waals surface area contributed by atoms with Crippen LogP contribution < -0.4 is 15.6 Å². The number of carbonyl (C=O) groups is 1. The molecule has 0 saturated heterocycles. The van der Waals surface area contributed by atoms with Gasteiger partial charge in [-0.25, -0.2) is 0 Å². The predicted molar refractivity (Wildman–Crippen MR) is 109 cm³/mol. The zero-order valence-electron chi connectivity index (χ0n) is 15.9. The lowest BCUT2D eigenvalue weighted by Gasteiger charge is -2.12. The number of aryl methyl sites for hydroxylation is 1. The Morgan fingerprint density at radius 1 is 1.17 bits per heavy atom. The standard InChI is InChI=1S/C21H19N3O5/c1-14-6-3-4-7-15(14)13-23-11-5-8-17(21(23)26)20(25)22-18-12-16(24(27)28)9-10-19(18)29-2/h3-12H,13H2,1-2H3,(H,22,25). The molecule has 0 atom stereocenters. The first kappa shape index (κ1) is 19.8. The van der Waals surface area contributed by atoms with Crippen LogP contribution >= 0.6 is 0 Å². The normalized spacial score (nSPS) is 10.4. The van der Waals surface area contributed by atoms with E-state index in [0.717, 1.165) is 11.1 Å². The number of amides is 1. The zero-order chi connectivity index (χ0) is 21.0. The molecule has 3 rings (SSSR count). The molecular formula is C21H19N3O5. The highest BCUT2D eigenvalue weighted by atomic mass is 16.6. The Morgan fingerprint density at radius 2 is 1.93 bits per heavy atom. The average Bonchev–Trinajstić information content (AvgIpc) is 2.71. The summed E-state index contributed by atoms with van der Waals surface area (Å²) < 4.78 is 6.59. The summed E-state index contributed by atoms with van der Waals surface area (Å²) in [5.41, 5.74) is 1.38. The number of nitro benzene ring substituents is 1. The lowest BCUT2D eigenvalue weighted by Crippen LogP contribution is -2.29. The fourth-order valence-corrected chi connectivity index (χ4v) is 2.90. The zero-order valence-corrected chi connectivity index (χ0v) is 15.9. The number of hydrogen-bond acceptors (Lipinski definition) is 5. The van der Waals surface area contributed by atoms with Gasteiger partial charge in [0.05, 0.1) is 24.3 Å². The van der Waals surface area contributed by atoms with Gasteiger partial charge in [-0.05, 0) is 36.2 Å². The van der Waals surface area contributed by atoms with Crippen LogP contribution in [0.2, 0.25) is 0 Å². The third-order valence-corrected chi connectivity index (χ3v) is 4.51. The van der Waals surface area contributed by atoms with Gasteiger partial charge >= 0.3 is 0 Å². The van der Waals surface area contributed by atoms with E-state index in [9.17, 15) is 19.7 Å². The number of nitro groups is 1. The van der Waals surface area contributed by atoms with Gasteiger partial charge in [0, 0.05) is 18.3 Å². The van der Waals surface area contributed by atoms with Gasteiger partial charge in [-0.15, -0.1) is 0 Å². The summed E-state index contributed by atoms with van der Waals surface area (Å²) in [6.07, 6.45) is 1.61. The van der Waals surface area contributed by atoms with E-state index < -0.39 is 16.4 Å². The molecule has 1 heterocycles. The largest absolute Gasteiger partial charge is 0.495 e. The number of ether oxygens (including phenoxy) is 1. The Labute approximate surface area is 166 Å². The average molecular weight is 393 g/mol. The molecule has 8 heteroatoms. The summed E-state index contributed by atoms with van der Waals surface area (Å²) >= 11 is 0. The third kappa shape index (κ3) is 4.32. The van der Waals surface area contributed by atoms with Crippen molar-refractivity contribution >= 4 is 17.3 Å². The molecule has 0 bridgehead atoms. The number of pyridine rings is 1. The van der Waals surface area contributed by atoms with Crippen molar-refractivity contribution in [3.05, 3.63) is 98.0 Å². The van der Waals surface area contributed by atoms with Crippen LogP contribution in [0.1, 0.15) is 21.5 Å². The summed E-state index contributed by atoms with van der Waals surface area (Å²) in [7, 11) is 1.38. The Kier molecular flexibility index (Phi) is 5.73. The molecule has 0 spiro atoms. The van der Waals surface area contributed by atoms with Gasteiger partial charge in [-0.3, -0.25) is 19.7 Å². The lowest BCUT2D eigenvalue weighted by molar-refractivity contribution is -0.384. The molecule has 0 aliphatic heterocycles. The van der Waals surface area contributed by atoms with Crippen molar-refractivity contribution in [1.29, 1.82) is 0 Å². The first-order valence-corrected chi connectivity index (χ1v) is 8.78. The second kappa shape index (κ2) is 8.39. The van der Waals surface area contributed by atoms with Crippen molar-refractivity contribution < 1.29 is 14.5 Å². The smallest absolute Gasteiger partial charge is 0.271 e. The third-order valence-electron chi connectivity index (χ3n) is 4.51. The second-order valence-electron chi connectivity index (χ2n) is 6.38. The van der Waals surface area contributed by atoms with Gasteiger partial charge in [-0.2, -0.15) is 0 Å². The Bertz CT molecular complexity index is 1140. The minimum Gasteiger partial charge on any atom is -0.495 e. The van der Waals surface area contributed by atoms with Crippen molar-refractivity contribution in [3.63, 3.8) is 0 Å². The van der Waals surface area contributed by atoms with Crippen LogP contribution in [-0.4, -0.2) is 22.5 Å². The molecule has 0 aliphatic rings. The monoisotopic (exact) mass is 393 g/mol. The molecule has 2 aromatic carbocycles. The van der Waals surface area contributed by atoms with Crippen molar-refractivity contribution in [3.8, 4) is 5.75 Å². The highest BCUT2D eigenvalue weighted by Gasteiger charge is 2.17. The molecule has 1 amide bonds. The summed E-state index contributed by atoms with van der Waals surface area (Å²) in [4.78, 5) is 35.9. The van der Waals surface area contributed by atoms with E-state index in [2.05, 4.69) is 5.32 Å². The van der Waals surface area contributed by atoms with Gasteiger partial charge in [0.15, 0.2) is 0 Å². The van der Waals surface area contributed by atoms with Crippen LogP contribution in [-0.2, 0) is 6.54 Å². The predicted octanol–water partition coefficient (Wildman–Crippen LogP) is 3.37. The van der Waals surface area contributed by atoms with Gasteiger partial charge < -0.3 is 14.6 Å². The number of aromatic nitrogens is 1. The highest BCUT2D eigenvalue weighted by molar-refractivity contribution is 6.05. The Morgan fingerprint density at radius 3 is 2.62 bits per heavy atom. The number of carbonyl (C=O) groups excluding carboxylic acids is 1. The molecule has 29 heavy (non-hydrogen) atoms. The lowest BCUT2D eigenvalue weighted by atomic mass is 10.1. The van der Waals surface area contributed by atoms with Crippen molar-refractivity contribution in [2.75, 3.05) is 12.4 Å². The minimum atomic E-state index is -0.673. The molecule has 0 unspecified atom stereocenters. The quantitative estimate of drug-likeness (QED) is 0.511. The van der Waals surface area contributed by atoms with Crippen LogP contribution in [0.25, 0.3) is 0 Å². The van der Waals surface area contributed by atoms with Crippen molar-refractivity contribution in [1.82, 2.24) is 4.57 Å². The van der Waals surface area contributed by atoms with E-state index >= 15 is 0 Å². The maximum absolute atomic E-state index is 12.8. The maximum Gasteiger partial charge on any atom is 0.271 e. The Hall–Kier alpha value is -3.94. The number of nitrogens with zero attached hydrogens (tertiary/aromatic N) is 2. The summed E-state index contributed by atoms with van der Waals surface area (Å²) in [5.74, 6) is -0.423. The van der Waals surface area contributed by atoms with E-state index in [4.69, 9.17) is 4.74 Å². The summed E-state index contributed by atoms with van der Waals surface area (Å²) in [6.45, 7) is 2.28. The number of hydrogen-bond donors (Lipinski definition) is 1. The van der Waals surface area contributed by atoms with E-state index in [1.54, 1.807) is 12.3 Å². The van der Waals surface area contributed by atoms with E-state index in [1.165, 1.54) is 35.9 Å². The number of non-ortho nitro benzene ring substituents is 1. The van der Waals surface area contributed by atoms with E-state index in [-0.39, 0.29) is 22.7 Å². The van der Waals surface area contributed by atoms with Crippen LogP contribution in [0, 0.1) is 17.0 Å². The van der Waals surface area contributed by atoms with E-state index in [0.29, 0.717) is 6.54 Å². The first-order valence-electron chi connectivity index (χ1n) is 8.78. The Balaban J connectivity index is 1.91. The molecule has 0 saturated carbocycles. The summed E-state index contributed by atoms with van der Waals surface area (Å²) in [6, 6.07) is 14.5. The molecule has 8 nitrogen and oxygen atoms in total. The van der Waals surface area contributed by atoms with Crippen molar-refractivity contribution in [2.45, 2.75) is 13.5 Å².